The van der Waals surface area contributed by atoms with E-state index in [1.54, 1.807) is 17.0 Å². The molecule has 0 aliphatic heterocycles. The fraction of sp³-hybridized carbons (Fsp3) is 0.217. The van der Waals surface area contributed by atoms with E-state index >= 15 is 0 Å². The Morgan fingerprint density at radius 3 is 2.63 bits per heavy atom. The fourth-order valence-corrected chi connectivity index (χ4v) is 3.03. The fourth-order valence-electron chi connectivity index (χ4n) is 3.03. The van der Waals surface area contributed by atoms with Gasteiger partial charge in [0.05, 0.1) is 11.0 Å². The molecule has 0 fully saturated rings. The molecule has 0 aliphatic carbocycles. The third-order valence-electron chi connectivity index (χ3n) is 4.17. The quantitative estimate of drug-likeness (QED) is 0.529. The molecule has 0 N–H and O–H groups in total. The van der Waals surface area contributed by atoms with Crippen molar-refractivity contribution >= 4 is 33.5 Å². The number of benzene rings is 1. The summed E-state index contributed by atoms with van der Waals surface area (Å²) in [6.45, 7) is 11.5. The second-order valence-corrected chi connectivity index (χ2v) is 7.29. The van der Waals surface area contributed by atoms with E-state index < -0.39 is 11.7 Å². The number of pyridine rings is 1. The molecule has 27 heavy (non-hydrogen) atoms. The van der Waals surface area contributed by atoms with Crippen LogP contribution in [0.3, 0.4) is 0 Å². The van der Waals surface area contributed by atoms with E-state index in [0.717, 1.165) is 32.9 Å². The predicted octanol–water partition coefficient (Wildman–Crippen LogP) is 6.12. The molecule has 0 spiro atoms. The molecule has 0 aliphatic rings. The normalized spacial score (nSPS) is 12.8. The van der Waals surface area contributed by atoms with E-state index in [2.05, 4.69) is 11.6 Å². The molecule has 0 radical (unpaired) electrons. The van der Waals surface area contributed by atoms with Gasteiger partial charge in [-0.3, -0.25) is 4.98 Å². The molecule has 3 aromatic rings. The summed E-state index contributed by atoms with van der Waals surface area (Å²) < 4.78 is 7.27. The van der Waals surface area contributed by atoms with Crippen molar-refractivity contribution in [2.24, 2.45) is 0 Å². The van der Waals surface area contributed by atoms with Gasteiger partial charge in [-0.15, -0.1) is 0 Å². The van der Waals surface area contributed by atoms with Crippen LogP contribution in [0, 0.1) is 0 Å². The summed E-state index contributed by atoms with van der Waals surface area (Å²) in [4.78, 5) is 17.2. The Morgan fingerprint density at radius 1 is 1.19 bits per heavy atom. The molecule has 4 heteroatoms. The lowest BCUT2D eigenvalue weighted by atomic mass is 10.0. The van der Waals surface area contributed by atoms with Gasteiger partial charge in [-0.2, -0.15) is 0 Å². The Kier molecular flexibility index (Phi) is 5.00. The van der Waals surface area contributed by atoms with E-state index in [0.29, 0.717) is 0 Å². The van der Waals surface area contributed by atoms with Gasteiger partial charge in [0, 0.05) is 23.2 Å². The molecule has 0 amide bonds. The van der Waals surface area contributed by atoms with Crippen LogP contribution in [0.15, 0.2) is 67.5 Å². The number of fused-ring (bicyclic) bond motifs is 3. The number of allylic oxidation sites excluding steroid dienone is 5. The predicted molar refractivity (Wildman–Crippen MR) is 112 cm³/mol. The summed E-state index contributed by atoms with van der Waals surface area (Å²) in [5.74, 6) is 0. The zero-order chi connectivity index (χ0) is 19.6. The lowest BCUT2D eigenvalue weighted by Crippen LogP contribution is -2.27. The Morgan fingerprint density at radius 2 is 1.96 bits per heavy atom. The SMILES string of the molecule is C=C/C(=C\C=C/C)c1ccc2c3cnccc3n(C(=O)OC(C)(C)C)c2c1. The Hall–Kier alpha value is -3.14. The third kappa shape index (κ3) is 3.70. The van der Waals surface area contributed by atoms with Crippen LogP contribution >= 0.6 is 0 Å². The van der Waals surface area contributed by atoms with Crippen LogP contribution in [-0.2, 0) is 4.74 Å². The van der Waals surface area contributed by atoms with Crippen molar-refractivity contribution in [2.45, 2.75) is 33.3 Å². The number of nitrogens with zero attached hydrogens (tertiary/aromatic N) is 2. The Balaban J connectivity index is 2.29. The number of aromatic nitrogens is 2. The number of hydrogen-bond acceptors (Lipinski definition) is 3. The molecule has 0 saturated heterocycles. The number of hydrogen-bond donors (Lipinski definition) is 0. The zero-order valence-electron chi connectivity index (χ0n) is 16.2. The van der Waals surface area contributed by atoms with Crippen molar-refractivity contribution in [2.75, 3.05) is 0 Å². The van der Waals surface area contributed by atoms with Crippen molar-refractivity contribution in [3.05, 3.63) is 73.1 Å². The first-order chi connectivity index (χ1) is 12.9. The number of carbonyl (C=O) groups is 1. The number of ether oxygens (including phenoxy) is 1. The van der Waals surface area contributed by atoms with Crippen LogP contribution in [0.4, 0.5) is 4.79 Å². The first-order valence-electron chi connectivity index (χ1n) is 8.93. The Labute approximate surface area is 159 Å². The summed E-state index contributed by atoms with van der Waals surface area (Å²) in [5, 5.41) is 1.88. The molecule has 2 heterocycles. The van der Waals surface area contributed by atoms with Crippen LogP contribution in [0.2, 0.25) is 0 Å². The first-order valence-corrected chi connectivity index (χ1v) is 8.93. The maximum absolute atomic E-state index is 12.9. The number of rotatable bonds is 3. The lowest BCUT2D eigenvalue weighted by molar-refractivity contribution is 0.0551. The second kappa shape index (κ2) is 7.23. The number of carbonyl (C=O) groups excluding carboxylic acids is 1. The monoisotopic (exact) mass is 360 g/mol. The maximum atomic E-state index is 12.9. The molecule has 0 saturated carbocycles. The topological polar surface area (TPSA) is 44.1 Å². The van der Waals surface area contributed by atoms with Crippen molar-refractivity contribution in [3.8, 4) is 0 Å². The molecule has 0 bridgehead atoms. The van der Waals surface area contributed by atoms with Crippen molar-refractivity contribution in [3.63, 3.8) is 0 Å². The van der Waals surface area contributed by atoms with Gasteiger partial charge in [0.25, 0.3) is 0 Å². The highest BCUT2D eigenvalue weighted by Gasteiger charge is 2.22. The van der Waals surface area contributed by atoms with Crippen LogP contribution in [0.5, 0.6) is 0 Å². The van der Waals surface area contributed by atoms with Crippen molar-refractivity contribution in [1.82, 2.24) is 9.55 Å². The molecule has 0 atom stereocenters. The highest BCUT2D eigenvalue weighted by atomic mass is 16.6. The average molecular weight is 360 g/mol. The second-order valence-electron chi connectivity index (χ2n) is 7.29. The standard InChI is InChI=1S/C23H24N2O2/c1-6-8-9-16(7-2)17-10-11-18-19-15-24-13-12-20(19)25(21(18)14-17)22(26)27-23(3,4)5/h6-15H,2H2,1,3-5H3/b8-6-,16-9+. The van der Waals surface area contributed by atoms with E-state index in [4.69, 9.17) is 4.74 Å². The summed E-state index contributed by atoms with van der Waals surface area (Å²) in [6, 6.07) is 7.88. The molecule has 3 rings (SSSR count). The maximum Gasteiger partial charge on any atom is 0.419 e. The van der Waals surface area contributed by atoms with E-state index in [-0.39, 0.29) is 0 Å². The zero-order valence-corrected chi connectivity index (χ0v) is 16.2. The molecular weight excluding hydrogens is 336 g/mol. The first kappa shape index (κ1) is 18.6. The van der Waals surface area contributed by atoms with Gasteiger partial charge in [0.1, 0.15) is 5.60 Å². The van der Waals surface area contributed by atoms with Crippen LogP contribution < -0.4 is 0 Å². The summed E-state index contributed by atoms with van der Waals surface area (Å²) >= 11 is 0. The minimum absolute atomic E-state index is 0.400. The molecule has 2 aromatic heterocycles. The average Bonchev–Trinajstić information content (AvgIpc) is 2.95. The van der Waals surface area contributed by atoms with Crippen LogP contribution in [0.25, 0.3) is 27.4 Å². The largest absolute Gasteiger partial charge is 0.443 e. The summed E-state index contributed by atoms with van der Waals surface area (Å²) in [5.41, 5.74) is 2.95. The summed E-state index contributed by atoms with van der Waals surface area (Å²) in [7, 11) is 0. The van der Waals surface area contributed by atoms with Gasteiger partial charge in [-0.05, 0) is 51.0 Å². The third-order valence-corrected chi connectivity index (χ3v) is 4.17. The van der Waals surface area contributed by atoms with E-state index in [1.807, 2.05) is 76.3 Å². The Bertz CT molecular complexity index is 1080. The van der Waals surface area contributed by atoms with Gasteiger partial charge in [-0.25, -0.2) is 9.36 Å². The summed E-state index contributed by atoms with van der Waals surface area (Å²) in [6.07, 6.45) is 10.8. The molecule has 0 unspecified atom stereocenters. The van der Waals surface area contributed by atoms with Crippen molar-refractivity contribution in [1.29, 1.82) is 0 Å². The van der Waals surface area contributed by atoms with Gasteiger partial charge < -0.3 is 4.74 Å². The van der Waals surface area contributed by atoms with Crippen LogP contribution in [-0.4, -0.2) is 21.2 Å². The molecule has 1 aromatic carbocycles. The van der Waals surface area contributed by atoms with Gasteiger partial charge >= 0.3 is 6.09 Å². The van der Waals surface area contributed by atoms with Gasteiger partial charge in [0.15, 0.2) is 0 Å². The molecule has 4 nitrogen and oxygen atoms in total. The lowest BCUT2D eigenvalue weighted by Gasteiger charge is -2.20. The smallest absolute Gasteiger partial charge is 0.419 e. The van der Waals surface area contributed by atoms with E-state index in [9.17, 15) is 4.79 Å². The highest BCUT2D eigenvalue weighted by Crippen LogP contribution is 2.31. The van der Waals surface area contributed by atoms with Crippen LogP contribution in [0.1, 0.15) is 33.3 Å². The minimum atomic E-state index is -0.581. The van der Waals surface area contributed by atoms with Gasteiger partial charge in [-0.1, -0.05) is 43.0 Å². The minimum Gasteiger partial charge on any atom is -0.443 e. The van der Waals surface area contributed by atoms with E-state index in [1.165, 1.54) is 0 Å². The molecular formula is C23H24N2O2. The van der Waals surface area contributed by atoms with Gasteiger partial charge in [0.2, 0.25) is 0 Å². The molecule has 138 valence electrons. The highest BCUT2D eigenvalue weighted by molar-refractivity contribution is 6.12. The van der Waals surface area contributed by atoms with Crippen molar-refractivity contribution < 1.29 is 9.53 Å².